The van der Waals surface area contributed by atoms with E-state index < -0.39 is 11.0 Å². The lowest BCUT2D eigenvalue weighted by atomic mass is 10.0. The molecule has 24 heavy (non-hydrogen) atoms. The number of nitrogens with one attached hydrogen (secondary N) is 1. The van der Waals surface area contributed by atoms with Gasteiger partial charge in [0.05, 0.1) is 23.0 Å². The van der Waals surface area contributed by atoms with E-state index in [4.69, 9.17) is 5.73 Å². The van der Waals surface area contributed by atoms with Crippen molar-refractivity contribution in [1.82, 2.24) is 14.6 Å². The van der Waals surface area contributed by atoms with Crippen molar-refractivity contribution in [2.75, 3.05) is 25.4 Å². The number of nitrogens with zero attached hydrogens (tertiary/aromatic N) is 2. The van der Waals surface area contributed by atoms with E-state index >= 15 is 0 Å². The largest absolute Gasteiger partial charge is 0.397 e. The Hall–Kier alpha value is -1.83. The van der Waals surface area contributed by atoms with Crippen molar-refractivity contribution in [2.45, 2.75) is 23.8 Å². The molecule has 3 N–H and O–H groups in total. The summed E-state index contributed by atoms with van der Waals surface area (Å²) in [7, 11) is -1.21. The molecule has 1 aliphatic rings. The lowest BCUT2D eigenvalue weighted by molar-refractivity contribution is 0.267. The van der Waals surface area contributed by atoms with E-state index in [1.807, 2.05) is 34.6 Å². The number of halogens is 1. The number of anilines is 1. The van der Waals surface area contributed by atoms with Gasteiger partial charge in [0.15, 0.2) is 0 Å². The smallest absolute Gasteiger partial charge is 0.146 e. The van der Waals surface area contributed by atoms with Gasteiger partial charge in [-0.1, -0.05) is 18.2 Å². The molecule has 3 rings (SSSR count). The number of piperazine rings is 1. The third-order valence-electron chi connectivity index (χ3n) is 4.22. The van der Waals surface area contributed by atoms with Crippen molar-refractivity contribution in [3.05, 3.63) is 54.1 Å². The number of hydrogen-bond acceptors (Lipinski definition) is 4. The zero-order valence-electron chi connectivity index (χ0n) is 13.3. The van der Waals surface area contributed by atoms with Gasteiger partial charge < -0.3 is 11.1 Å². The number of rotatable bonds is 5. The second-order valence-electron chi connectivity index (χ2n) is 5.79. The van der Waals surface area contributed by atoms with Crippen LogP contribution >= 0.6 is 0 Å². The van der Waals surface area contributed by atoms with E-state index in [1.54, 1.807) is 0 Å². The van der Waals surface area contributed by atoms with Gasteiger partial charge in [0, 0.05) is 31.2 Å². The first kappa shape index (κ1) is 17.0. The lowest BCUT2D eigenvalue weighted by Gasteiger charge is -2.35. The lowest BCUT2D eigenvalue weighted by Crippen LogP contribution is -2.51. The third-order valence-corrected chi connectivity index (χ3v) is 5.80. The molecular weight excluding hydrogens is 327 g/mol. The summed E-state index contributed by atoms with van der Waals surface area (Å²) in [5, 5.41) is 3.32. The summed E-state index contributed by atoms with van der Waals surface area (Å²) >= 11 is 0. The first-order chi connectivity index (χ1) is 11.7. The zero-order chi connectivity index (χ0) is 16.9. The van der Waals surface area contributed by atoms with Crippen molar-refractivity contribution in [3.8, 4) is 0 Å². The fraction of sp³-hybridized carbons (Fsp3) is 0.353. The van der Waals surface area contributed by atoms with Crippen molar-refractivity contribution >= 4 is 16.7 Å². The first-order valence-corrected chi connectivity index (χ1v) is 9.09. The molecule has 1 saturated heterocycles. The van der Waals surface area contributed by atoms with Crippen LogP contribution in [0, 0.1) is 5.82 Å². The Morgan fingerprint density at radius 1 is 1.33 bits per heavy atom. The average Bonchev–Trinajstić information content (AvgIpc) is 2.62. The molecular formula is C17H21FN4OS. The van der Waals surface area contributed by atoms with Crippen molar-refractivity contribution in [1.29, 1.82) is 0 Å². The molecule has 1 aromatic heterocycles. The predicted molar refractivity (Wildman–Crippen MR) is 93.1 cm³/mol. The maximum absolute atomic E-state index is 13.9. The van der Waals surface area contributed by atoms with Gasteiger partial charge >= 0.3 is 0 Å². The molecule has 0 aliphatic carbocycles. The number of hydrogen-bond donors (Lipinski definition) is 2. The van der Waals surface area contributed by atoms with Crippen LogP contribution < -0.4 is 11.1 Å². The highest BCUT2D eigenvalue weighted by Crippen LogP contribution is 2.21. The average molecular weight is 348 g/mol. The third kappa shape index (κ3) is 3.80. The minimum atomic E-state index is -1.21. The Morgan fingerprint density at radius 3 is 2.88 bits per heavy atom. The van der Waals surface area contributed by atoms with E-state index in [0.717, 1.165) is 18.0 Å². The second-order valence-corrected chi connectivity index (χ2v) is 7.23. The summed E-state index contributed by atoms with van der Waals surface area (Å²) in [6, 6.07) is 9.48. The normalized spacial score (nSPS) is 20.0. The van der Waals surface area contributed by atoms with Gasteiger partial charge in [-0.15, -0.1) is 0 Å². The Balaban J connectivity index is 1.72. The van der Waals surface area contributed by atoms with Crippen LogP contribution in [0.4, 0.5) is 10.1 Å². The molecule has 0 amide bonds. The molecule has 2 aromatic rings. The fourth-order valence-electron chi connectivity index (χ4n) is 2.93. The van der Waals surface area contributed by atoms with E-state index in [1.165, 1.54) is 12.4 Å². The highest BCUT2D eigenvalue weighted by Gasteiger charge is 2.27. The van der Waals surface area contributed by atoms with E-state index in [-0.39, 0.29) is 11.9 Å². The number of aromatic nitrogens is 1. The quantitative estimate of drug-likeness (QED) is 0.863. The van der Waals surface area contributed by atoms with Gasteiger partial charge in [0.1, 0.15) is 16.8 Å². The SMILES string of the molecule is Nc1cncc(F)c1CC[C@H]1CNCCN1S(=O)c1ccccc1. The number of nitrogen functional groups attached to an aromatic ring is 1. The summed E-state index contributed by atoms with van der Waals surface area (Å²) in [5.74, 6) is -0.380. The standard InChI is InChI=1S/C17H21FN4OS/c18-16-11-21-12-17(19)15(16)7-6-13-10-20-8-9-22(13)24(23)14-4-2-1-3-5-14/h1-5,11-13,20H,6-10,19H2/t13-,24?/m0/s1. The van der Waals surface area contributed by atoms with Gasteiger partial charge in [-0.05, 0) is 25.0 Å². The summed E-state index contributed by atoms with van der Waals surface area (Å²) in [6.45, 7) is 2.21. The molecule has 0 saturated carbocycles. The molecule has 1 aliphatic heterocycles. The van der Waals surface area contributed by atoms with Gasteiger partial charge in [0.25, 0.3) is 0 Å². The molecule has 1 fully saturated rings. The minimum absolute atomic E-state index is 0.0618. The summed E-state index contributed by atoms with van der Waals surface area (Å²) in [6.07, 6.45) is 3.83. The molecule has 2 heterocycles. The van der Waals surface area contributed by atoms with Crippen molar-refractivity contribution in [2.24, 2.45) is 0 Å². The van der Waals surface area contributed by atoms with Crippen LogP contribution in [-0.2, 0) is 17.4 Å². The fourth-order valence-corrected chi connectivity index (χ4v) is 4.30. The van der Waals surface area contributed by atoms with E-state index in [2.05, 4.69) is 10.3 Å². The first-order valence-electron chi connectivity index (χ1n) is 7.99. The highest BCUT2D eigenvalue weighted by molar-refractivity contribution is 7.82. The highest BCUT2D eigenvalue weighted by atomic mass is 32.2. The Bertz CT molecular complexity index is 693. The van der Waals surface area contributed by atoms with Gasteiger partial charge in [-0.2, -0.15) is 0 Å². The van der Waals surface area contributed by atoms with Crippen LogP contribution in [0.3, 0.4) is 0 Å². The maximum Gasteiger partial charge on any atom is 0.146 e. The maximum atomic E-state index is 13.9. The number of nitrogens with two attached hydrogens (primary N) is 1. The molecule has 1 aromatic carbocycles. The van der Waals surface area contributed by atoms with Crippen LogP contribution in [0.5, 0.6) is 0 Å². The number of pyridine rings is 1. The summed E-state index contributed by atoms with van der Waals surface area (Å²) in [5.41, 5.74) is 6.69. The molecule has 5 nitrogen and oxygen atoms in total. The van der Waals surface area contributed by atoms with Crippen LogP contribution in [0.15, 0.2) is 47.6 Å². The van der Waals surface area contributed by atoms with Gasteiger partial charge in [0.2, 0.25) is 0 Å². The molecule has 128 valence electrons. The topological polar surface area (TPSA) is 71.2 Å². The predicted octanol–water partition coefficient (Wildman–Crippen LogP) is 1.73. The minimum Gasteiger partial charge on any atom is -0.397 e. The van der Waals surface area contributed by atoms with Crippen LogP contribution in [0.25, 0.3) is 0 Å². The Kier molecular flexibility index (Phi) is 5.55. The molecule has 0 spiro atoms. The van der Waals surface area contributed by atoms with Crippen molar-refractivity contribution < 1.29 is 8.60 Å². The molecule has 1 unspecified atom stereocenters. The van der Waals surface area contributed by atoms with Gasteiger partial charge in [-0.25, -0.2) is 12.9 Å². The zero-order valence-corrected chi connectivity index (χ0v) is 14.1. The van der Waals surface area contributed by atoms with E-state index in [0.29, 0.717) is 30.6 Å². The van der Waals surface area contributed by atoms with Crippen molar-refractivity contribution in [3.63, 3.8) is 0 Å². The summed E-state index contributed by atoms with van der Waals surface area (Å²) < 4.78 is 28.7. The number of benzene rings is 1. The monoisotopic (exact) mass is 348 g/mol. The Labute approximate surface area is 143 Å². The second kappa shape index (κ2) is 7.83. The molecule has 7 heteroatoms. The van der Waals surface area contributed by atoms with Crippen LogP contribution in [0.2, 0.25) is 0 Å². The van der Waals surface area contributed by atoms with Gasteiger partial charge in [-0.3, -0.25) is 4.98 Å². The Morgan fingerprint density at radius 2 is 2.12 bits per heavy atom. The molecule has 2 atom stereocenters. The van der Waals surface area contributed by atoms with Crippen LogP contribution in [0.1, 0.15) is 12.0 Å². The van der Waals surface area contributed by atoms with E-state index in [9.17, 15) is 8.60 Å². The summed E-state index contributed by atoms with van der Waals surface area (Å²) in [4.78, 5) is 4.54. The molecule has 0 bridgehead atoms. The molecule has 0 radical (unpaired) electrons. The van der Waals surface area contributed by atoms with Crippen LogP contribution in [-0.4, -0.2) is 39.2 Å².